The molecule has 0 saturated carbocycles. The van der Waals surface area contributed by atoms with Gasteiger partial charge in [-0.15, -0.1) is 0 Å². The molecule has 0 aliphatic carbocycles. The van der Waals surface area contributed by atoms with Gasteiger partial charge in [0.1, 0.15) is 5.82 Å². The van der Waals surface area contributed by atoms with E-state index < -0.39 is 0 Å². The molecule has 5 nitrogen and oxygen atoms in total. The first kappa shape index (κ1) is 24.4. The molecule has 0 saturated heterocycles. The Morgan fingerprint density at radius 1 is 0.892 bits per heavy atom. The largest absolute Gasteiger partial charge is 0.346 e. The van der Waals surface area contributed by atoms with Crippen LogP contribution in [0.25, 0.3) is 22.2 Å². The van der Waals surface area contributed by atoms with Gasteiger partial charge in [0, 0.05) is 24.5 Å². The van der Waals surface area contributed by atoms with E-state index in [1.165, 1.54) is 11.1 Å². The normalized spacial score (nSPS) is 12.1. The molecule has 0 spiro atoms. The molecule has 5 heteroatoms. The maximum absolute atomic E-state index is 13.1. The van der Waals surface area contributed by atoms with Gasteiger partial charge < -0.3 is 9.88 Å². The van der Waals surface area contributed by atoms with Crippen molar-refractivity contribution in [2.45, 2.75) is 46.2 Å². The minimum Gasteiger partial charge on any atom is -0.346 e. The first-order chi connectivity index (χ1) is 17.9. The van der Waals surface area contributed by atoms with E-state index in [4.69, 9.17) is 4.98 Å². The van der Waals surface area contributed by atoms with Crippen molar-refractivity contribution in [1.29, 1.82) is 0 Å². The number of hydrogen-bond donors (Lipinski definition) is 1. The summed E-state index contributed by atoms with van der Waals surface area (Å²) < 4.78 is 2.19. The highest BCUT2D eigenvalue weighted by Gasteiger charge is 2.15. The van der Waals surface area contributed by atoms with Gasteiger partial charge in [-0.25, -0.2) is 4.98 Å². The molecule has 5 aromatic rings. The van der Waals surface area contributed by atoms with E-state index in [0.29, 0.717) is 18.0 Å². The average Bonchev–Trinajstić information content (AvgIpc) is 3.23. The third-order valence-electron chi connectivity index (χ3n) is 6.92. The number of carbonyl (C=O) groups is 1. The summed E-state index contributed by atoms with van der Waals surface area (Å²) in [6.45, 7) is 9.10. The van der Waals surface area contributed by atoms with Crippen LogP contribution in [0.2, 0.25) is 0 Å². The minimum atomic E-state index is -0.0949. The Bertz CT molecular complexity index is 1530. The fourth-order valence-corrected chi connectivity index (χ4v) is 4.66. The van der Waals surface area contributed by atoms with Crippen molar-refractivity contribution in [1.82, 2.24) is 19.9 Å². The highest BCUT2D eigenvalue weighted by molar-refractivity contribution is 5.97. The van der Waals surface area contributed by atoms with Gasteiger partial charge in [0.05, 0.1) is 17.1 Å². The number of aryl methyl sites for hydroxylation is 1. The van der Waals surface area contributed by atoms with Crippen LogP contribution in [0.5, 0.6) is 0 Å². The standard InChI is InChI=1S/C32H32N4O/c1-21(2)26-7-5-8-27(17-26)22(3)34-32(37)28-14-15-31-30(18-28)35-23(4)36(31)20-24-10-12-25(13-11-24)29-9-6-16-33-19-29/h5-19,21-22H,20H2,1-4H3,(H,34,37)/t22-/m0/s1. The Morgan fingerprint density at radius 2 is 1.68 bits per heavy atom. The maximum Gasteiger partial charge on any atom is 0.251 e. The molecule has 3 aromatic carbocycles. The van der Waals surface area contributed by atoms with Crippen LogP contribution in [0.4, 0.5) is 0 Å². The third kappa shape index (κ3) is 5.31. The predicted octanol–water partition coefficient (Wildman–Crippen LogP) is 7.07. The van der Waals surface area contributed by atoms with Crippen molar-refractivity contribution in [3.63, 3.8) is 0 Å². The minimum absolute atomic E-state index is 0.0872. The van der Waals surface area contributed by atoms with Gasteiger partial charge in [0.2, 0.25) is 0 Å². The number of aromatic nitrogens is 3. The van der Waals surface area contributed by atoms with Crippen LogP contribution in [-0.2, 0) is 6.54 Å². The second-order valence-corrected chi connectivity index (χ2v) is 9.91. The first-order valence-corrected chi connectivity index (χ1v) is 12.8. The summed E-state index contributed by atoms with van der Waals surface area (Å²) in [5.41, 5.74) is 8.27. The molecule has 5 rings (SSSR count). The Hall–Kier alpha value is -4.25. The number of benzene rings is 3. The lowest BCUT2D eigenvalue weighted by atomic mass is 9.98. The summed E-state index contributed by atoms with van der Waals surface area (Å²) >= 11 is 0. The lowest BCUT2D eigenvalue weighted by Crippen LogP contribution is -2.26. The third-order valence-corrected chi connectivity index (χ3v) is 6.92. The Labute approximate surface area is 218 Å². The van der Waals surface area contributed by atoms with E-state index in [0.717, 1.165) is 33.5 Å². The van der Waals surface area contributed by atoms with Crippen LogP contribution >= 0.6 is 0 Å². The highest BCUT2D eigenvalue weighted by atomic mass is 16.1. The van der Waals surface area contributed by atoms with Crippen LogP contribution in [-0.4, -0.2) is 20.4 Å². The number of pyridine rings is 1. The van der Waals surface area contributed by atoms with Gasteiger partial charge in [-0.05, 0) is 71.8 Å². The van der Waals surface area contributed by atoms with Crippen LogP contribution in [0.3, 0.4) is 0 Å². The molecular weight excluding hydrogens is 456 g/mol. The molecule has 2 heterocycles. The Morgan fingerprint density at radius 3 is 2.41 bits per heavy atom. The molecule has 1 N–H and O–H groups in total. The zero-order valence-electron chi connectivity index (χ0n) is 21.8. The van der Waals surface area contributed by atoms with Crippen molar-refractivity contribution < 1.29 is 4.79 Å². The average molecular weight is 489 g/mol. The SMILES string of the molecule is Cc1nc2cc(C(=O)N[C@@H](C)c3cccc(C(C)C)c3)ccc2n1Cc1ccc(-c2cccnc2)cc1. The highest BCUT2D eigenvalue weighted by Crippen LogP contribution is 2.23. The fraction of sp³-hybridized carbons (Fsp3) is 0.219. The molecule has 1 atom stereocenters. The molecule has 0 fully saturated rings. The predicted molar refractivity (Wildman–Crippen MR) is 150 cm³/mol. The summed E-state index contributed by atoms with van der Waals surface area (Å²) in [6, 6.07) is 26.7. The molecule has 0 unspecified atom stereocenters. The van der Waals surface area contributed by atoms with E-state index in [9.17, 15) is 4.79 Å². The first-order valence-electron chi connectivity index (χ1n) is 12.8. The fourth-order valence-electron chi connectivity index (χ4n) is 4.66. The van der Waals surface area contributed by atoms with Crippen LogP contribution in [0.15, 0.2) is 91.3 Å². The van der Waals surface area contributed by atoms with Crippen molar-refractivity contribution >= 4 is 16.9 Å². The van der Waals surface area contributed by atoms with E-state index in [1.54, 1.807) is 6.20 Å². The molecule has 1 amide bonds. The number of rotatable bonds is 7. The molecular formula is C32H32N4O. The topological polar surface area (TPSA) is 59.8 Å². The summed E-state index contributed by atoms with van der Waals surface area (Å²) in [5.74, 6) is 1.27. The number of imidazole rings is 1. The van der Waals surface area contributed by atoms with Crippen molar-refractivity contribution in [2.75, 3.05) is 0 Å². The van der Waals surface area contributed by atoms with Gasteiger partial charge in [0.25, 0.3) is 5.91 Å². The summed E-state index contributed by atoms with van der Waals surface area (Å²) in [4.78, 5) is 22.0. The van der Waals surface area contributed by atoms with Gasteiger partial charge in [-0.2, -0.15) is 0 Å². The lowest BCUT2D eigenvalue weighted by Gasteiger charge is -2.16. The summed E-state index contributed by atoms with van der Waals surface area (Å²) in [6.07, 6.45) is 3.66. The van der Waals surface area contributed by atoms with Crippen LogP contribution < -0.4 is 5.32 Å². The van der Waals surface area contributed by atoms with Gasteiger partial charge in [0.15, 0.2) is 0 Å². The zero-order chi connectivity index (χ0) is 25.9. The molecule has 0 aliphatic heterocycles. The van der Waals surface area contributed by atoms with E-state index in [-0.39, 0.29) is 11.9 Å². The van der Waals surface area contributed by atoms with Gasteiger partial charge in [-0.3, -0.25) is 9.78 Å². The van der Waals surface area contributed by atoms with Crippen molar-refractivity contribution in [3.8, 4) is 11.1 Å². The molecule has 0 aliphatic rings. The second kappa shape index (κ2) is 10.4. The lowest BCUT2D eigenvalue weighted by molar-refractivity contribution is 0.0940. The van der Waals surface area contributed by atoms with Crippen LogP contribution in [0.1, 0.15) is 65.6 Å². The number of carbonyl (C=O) groups excluding carboxylic acids is 1. The smallest absolute Gasteiger partial charge is 0.251 e. The van der Waals surface area contributed by atoms with E-state index in [2.05, 4.69) is 83.3 Å². The second-order valence-electron chi connectivity index (χ2n) is 9.91. The Kier molecular flexibility index (Phi) is 6.87. The molecule has 0 radical (unpaired) electrons. The number of nitrogens with zero attached hydrogens (tertiary/aromatic N) is 3. The van der Waals surface area contributed by atoms with Gasteiger partial charge in [-0.1, -0.05) is 68.4 Å². The van der Waals surface area contributed by atoms with Gasteiger partial charge >= 0.3 is 0 Å². The summed E-state index contributed by atoms with van der Waals surface area (Å²) in [7, 11) is 0. The van der Waals surface area contributed by atoms with Crippen LogP contribution in [0, 0.1) is 6.92 Å². The zero-order valence-corrected chi connectivity index (χ0v) is 21.8. The molecule has 186 valence electrons. The van der Waals surface area contributed by atoms with E-state index in [1.807, 2.05) is 44.3 Å². The van der Waals surface area contributed by atoms with Crippen molar-refractivity contribution in [3.05, 3.63) is 119 Å². The maximum atomic E-state index is 13.1. The number of fused-ring (bicyclic) bond motifs is 1. The molecule has 0 bridgehead atoms. The van der Waals surface area contributed by atoms with Crippen molar-refractivity contribution in [2.24, 2.45) is 0 Å². The number of nitrogens with one attached hydrogen (secondary N) is 1. The number of hydrogen-bond acceptors (Lipinski definition) is 3. The monoisotopic (exact) mass is 488 g/mol. The quantitative estimate of drug-likeness (QED) is 0.267. The summed E-state index contributed by atoms with van der Waals surface area (Å²) in [5, 5.41) is 3.15. The Balaban J connectivity index is 1.32. The van der Waals surface area contributed by atoms with E-state index >= 15 is 0 Å². The number of amides is 1. The molecule has 2 aromatic heterocycles. The molecule has 37 heavy (non-hydrogen) atoms.